The molecule has 0 heterocycles. The highest BCUT2D eigenvalue weighted by atomic mass is 31.2. The number of amides is 2. The third-order valence-electron chi connectivity index (χ3n) is 20.1. The molecule has 21 nitrogen and oxygen atoms in total. The number of phosphoric ester groups is 2. The molecule has 23 heteroatoms. The van der Waals surface area contributed by atoms with E-state index < -0.39 is 58.8 Å². The maximum Gasteiger partial charge on any atom is 0.472 e. The van der Waals surface area contributed by atoms with Crippen molar-refractivity contribution < 1.29 is 81.2 Å². The van der Waals surface area contributed by atoms with Gasteiger partial charge in [-0.3, -0.25) is 28.7 Å². The number of rotatable bonds is 88. The molecule has 106 heavy (non-hydrogen) atoms. The second kappa shape index (κ2) is 79.3. The Morgan fingerprint density at radius 1 is 0.292 bits per heavy atom. The fraction of sp³-hybridized carbons (Fsp3) is 0.988. The molecule has 0 aliphatic carbocycles. The molecule has 0 spiro atoms. The molecule has 0 aromatic rings. The Hall–Kier alpha value is -0.910. The molecule has 6 unspecified atom stereocenters. The molecule has 0 radical (unpaired) electrons. The van der Waals surface area contributed by atoms with Crippen LogP contribution in [0.25, 0.3) is 0 Å². The summed E-state index contributed by atoms with van der Waals surface area (Å²) in [7, 11) is -9.31. The van der Waals surface area contributed by atoms with Crippen molar-refractivity contribution in [3.8, 4) is 0 Å². The molecule has 0 aromatic heterocycles. The van der Waals surface area contributed by atoms with Crippen LogP contribution >= 0.6 is 15.6 Å². The number of ether oxygens (including phenoxy) is 4. The summed E-state index contributed by atoms with van der Waals surface area (Å²) in [5, 5.41) is 55.5. The SMILES string of the molecule is CCCCCCCCCCCCCC(O)N[C@@H](COCC[C@@H](CCCCCCC)OC(O)CCCCCCCCCCC)COP(=O)(O)OCCNC(=O)NCCOP(=O)(O)OC[C@H](COCC[C@@H](CCCCCCC)OC(O)CCCCCCCCCCC)NC(O)CCCCCCCCCCCCC. The Morgan fingerprint density at radius 2 is 0.528 bits per heavy atom. The van der Waals surface area contributed by atoms with E-state index in [0.717, 1.165) is 128 Å². The zero-order valence-electron chi connectivity index (χ0n) is 69.3. The third-order valence-corrected chi connectivity index (χ3v) is 22.0. The van der Waals surface area contributed by atoms with Crippen molar-refractivity contribution in [3.05, 3.63) is 0 Å². The first kappa shape index (κ1) is 105. The number of hydrogen-bond acceptors (Lipinski definition) is 17. The predicted molar refractivity (Wildman–Crippen MR) is 436 cm³/mol. The van der Waals surface area contributed by atoms with Gasteiger partial charge in [0.2, 0.25) is 0 Å². The molecule has 0 saturated carbocycles. The van der Waals surface area contributed by atoms with Crippen molar-refractivity contribution >= 4 is 21.7 Å². The topological polar surface area (TPSA) is 295 Å². The van der Waals surface area contributed by atoms with E-state index in [-0.39, 0.29) is 64.9 Å². The number of phosphoric acid groups is 2. The number of carbonyl (C=O) groups excluding carboxylic acids is 1. The van der Waals surface area contributed by atoms with E-state index >= 15 is 0 Å². The quantitative estimate of drug-likeness (QED) is 0.0154. The normalized spacial score (nSPS) is 15.4. The van der Waals surface area contributed by atoms with Gasteiger partial charge in [-0.1, -0.05) is 337 Å². The Balaban J connectivity index is 5.55. The van der Waals surface area contributed by atoms with Gasteiger partial charge in [-0.15, -0.1) is 0 Å². The number of urea groups is 1. The molecule has 0 bridgehead atoms. The van der Waals surface area contributed by atoms with E-state index in [9.17, 15) is 44.1 Å². The maximum absolute atomic E-state index is 13.2. The van der Waals surface area contributed by atoms with Crippen LogP contribution in [0.2, 0.25) is 0 Å². The van der Waals surface area contributed by atoms with Gasteiger partial charge in [0.25, 0.3) is 0 Å². The van der Waals surface area contributed by atoms with E-state index in [1.54, 1.807) is 0 Å². The highest BCUT2D eigenvalue weighted by Gasteiger charge is 2.27. The monoisotopic (exact) mass is 1560 g/mol. The Kier molecular flexibility index (Phi) is 78.6. The minimum absolute atomic E-state index is 0.0582. The Labute approximate surface area is 650 Å². The lowest BCUT2D eigenvalue weighted by Gasteiger charge is -2.25. The fourth-order valence-corrected chi connectivity index (χ4v) is 14.9. The summed E-state index contributed by atoms with van der Waals surface area (Å²) in [6.45, 7) is 12.3. The molecular formula is C83H172N4O17P2. The van der Waals surface area contributed by atoms with Crippen molar-refractivity contribution in [2.45, 2.75) is 463 Å². The van der Waals surface area contributed by atoms with Crippen LogP contribution in [-0.4, -0.2) is 152 Å². The van der Waals surface area contributed by atoms with E-state index in [1.807, 2.05) is 0 Å². The summed E-state index contributed by atoms with van der Waals surface area (Å²) in [6, 6.07) is -2.05. The highest BCUT2D eigenvalue weighted by Crippen LogP contribution is 2.44. The van der Waals surface area contributed by atoms with Crippen LogP contribution in [0, 0.1) is 0 Å². The average molecular weight is 1560 g/mol. The average Bonchev–Trinajstić information content (AvgIpc) is 0.919. The number of aliphatic hydroxyl groups excluding tert-OH is 4. The molecule has 0 fully saturated rings. The van der Waals surface area contributed by atoms with Crippen LogP contribution in [0.5, 0.6) is 0 Å². The molecule has 2 amide bonds. The van der Waals surface area contributed by atoms with Crippen LogP contribution in [-0.2, 0) is 46.2 Å². The first-order valence-electron chi connectivity index (χ1n) is 44.5. The van der Waals surface area contributed by atoms with Gasteiger partial charge in [0.1, 0.15) is 12.5 Å². The number of hydrogen-bond donors (Lipinski definition) is 10. The van der Waals surface area contributed by atoms with Crippen LogP contribution in [0.4, 0.5) is 4.79 Å². The number of aliphatic hydroxyl groups is 4. The van der Waals surface area contributed by atoms with Gasteiger partial charge in [-0.25, -0.2) is 13.9 Å². The van der Waals surface area contributed by atoms with E-state index in [2.05, 4.69) is 62.8 Å². The molecule has 10 N–H and O–H groups in total. The minimum atomic E-state index is -4.66. The number of carbonyl (C=O) groups is 1. The largest absolute Gasteiger partial charge is 0.472 e. The molecule has 0 aromatic carbocycles. The lowest BCUT2D eigenvalue weighted by atomic mass is 10.0. The summed E-state index contributed by atoms with van der Waals surface area (Å²) in [5.41, 5.74) is 0. The van der Waals surface area contributed by atoms with Crippen molar-refractivity contribution in [1.82, 2.24) is 21.3 Å². The van der Waals surface area contributed by atoms with Gasteiger partial charge in [-0.05, 0) is 77.0 Å². The first-order valence-corrected chi connectivity index (χ1v) is 47.5. The van der Waals surface area contributed by atoms with E-state index in [0.29, 0.717) is 51.7 Å². The predicted octanol–water partition coefficient (Wildman–Crippen LogP) is 21.3. The van der Waals surface area contributed by atoms with E-state index in [1.165, 1.54) is 205 Å². The fourth-order valence-electron chi connectivity index (χ4n) is 13.4. The van der Waals surface area contributed by atoms with Crippen LogP contribution in [0.3, 0.4) is 0 Å². The molecule has 0 rings (SSSR count). The zero-order chi connectivity index (χ0) is 77.8. The summed E-state index contributed by atoms with van der Waals surface area (Å²) in [4.78, 5) is 34.3. The molecular weight excluding hydrogens is 1390 g/mol. The second-order valence-corrected chi connectivity index (χ2v) is 33.5. The van der Waals surface area contributed by atoms with Crippen molar-refractivity contribution in [1.29, 1.82) is 0 Å². The maximum atomic E-state index is 13.2. The number of nitrogens with one attached hydrogen (secondary N) is 4. The summed E-state index contributed by atoms with van der Waals surface area (Å²) < 4.78 is 72.5. The molecule has 10 atom stereocenters. The summed E-state index contributed by atoms with van der Waals surface area (Å²) >= 11 is 0. The number of unbranched alkanes of at least 4 members (excludes halogenated alkanes) is 44. The van der Waals surface area contributed by atoms with Crippen molar-refractivity contribution in [2.24, 2.45) is 0 Å². The minimum Gasteiger partial charge on any atom is -0.380 e. The van der Waals surface area contributed by atoms with Gasteiger partial charge in [0, 0.05) is 26.3 Å². The Bertz CT molecular complexity index is 1790. The smallest absolute Gasteiger partial charge is 0.380 e. The van der Waals surface area contributed by atoms with Gasteiger partial charge in [0.05, 0.1) is 63.9 Å². The third kappa shape index (κ3) is 75.8. The van der Waals surface area contributed by atoms with Crippen molar-refractivity contribution in [2.75, 3.05) is 65.9 Å². The zero-order valence-corrected chi connectivity index (χ0v) is 71.1. The second-order valence-electron chi connectivity index (χ2n) is 30.6. The van der Waals surface area contributed by atoms with Crippen molar-refractivity contribution in [3.63, 3.8) is 0 Å². The first-order chi connectivity index (χ1) is 51.5. The molecule has 0 aliphatic rings. The van der Waals surface area contributed by atoms with Crippen LogP contribution < -0.4 is 21.3 Å². The molecule has 0 saturated heterocycles. The highest BCUT2D eigenvalue weighted by molar-refractivity contribution is 7.47. The lowest BCUT2D eigenvalue weighted by Crippen LogP contribution is -2.44. The van der Waals surface area contributed by atoms with Gasteiger partial charge in [0.15, 0.2) is 12.6 Å². The van der Waals surface area contributed by atoms with Gasteiger partial charge < -0.3 is 59.8 Å². The summed E-state index contributed by atoms with van der Waals surface area (Å²) in [6.07, 6.45) is 59.8. The van der Waals surface area contributed by atoms with Gasteiger partial charge in [-0.2, -0.15) is 0 Å². The molecule has 636 valence electrons. The van der Waals surface area contributed by atoms with E-state index in [4.69, 9.17) is 37.0 Å². The standard InChI is InChI=1S/C83H172N4O17P2/c1-7-13-19-25-29-33-35-39-41-47-53-59-79(88)86-75(71-97-67-63-77(57-51-45-23-17-11-5)103-81(90)61-55-49-43-37-31-27-21-15-9-3)73-101-105(93,94)99-69-65-84-83(92)85-66-70-100-106(95,96)102-74-76(87-80(89)60-54-48-42-40-36-34-30-26-20-14-8-2)72-98-68-64-78(58-52-46-24-18-12-6)104-82(91)62-56-50-44-38-32-28-22-16-10-4/h75-82,86-91H,7-74H2,1-6H3,(H,93,94)(H,95,96)(H2,84,85,92)/t75-,76-,77+,78+,79?,80?,81?,82?/m0/s1. The van der Waals surface area contributed by atoms with Crippen LogP contribution in [0.1, 0.15) is 414 Å². The van der Waals surface area contributed by atoms with Crippen LogP contribution in [0.15, 0.2) is 0 Å². The molecule has 0 aliphatic heterocycles. The van der Waals surface area contributed by atoms with Gasteiger partial charge >= 0.3 is 21.7 Å². The lowest BCUT2D eigenvalue weighted by molar-refractivity contribution is -0.148. The summed E-state index contributed by atoms with van der Waals surface area (Å²) in [5.74, 6) is 0. The Morgan fingerprint density at radius 3 is 0.792 bits per heavy atom.